The molecule has 92 valence electrons. The van der Waals surface area contributed by atoms with Crippen LogP contribution in [0.2, 0.25) is 0 Å². The average molecular weight is 234 g/mol. The van der Waals surface area contributed by atoms with Gasteiger partial charge in [-0.15, -0.1) is 0 Å². The maximum Gasteiger partial charge on any atom is 0.305 e. The molecule has 0 aromatic heterocycles. The number of carbonyl (C=O) groups is 1. The molecule has 1 aromatic rings. The molecule has 17 heavy (non-hydrogen) atoms. The van der Waals surface area contributed by atoms with Crippen molar-refractivity contribution in [3.63, 3.8) is 0 Å². The van der Waals surface area contributed by atoms with E-state index in [2.05, 4.69) is 17.1 Å². The van der Waals surface area contributed by atoms with Crippen molar-refractivity contribution in [1.82, 2.24) is 5.32 Å². The molecule has 1 aliphatic rings. The molecule has 0 spiro atoms. The Morgan fingerprint density at radius 2 is 2.18 bits per heavy atom. The molecule has 0 bridgehead atoms. The van der Waals surface area contributed by atoms with E-state index in [1.807, 2.05) is 30.3 Å². The number of carboxylic acids is 1. The first-order chi connectivity index (χ1) is 8.16. The minimum Gasteiger partial charge on any atom is -0.481 e. The molecule has 0 radical (unpaired) electrons. The molecular formula is C13H18N2O2. The summed E-state index contributed by atoms with van der Waals surface area (Å²) in [6.45, 7) is 3.69. The van der Waals surface area contributed by atoms with E-state index in [4.69, 9.17) is 5.11 Å². The van der Waals surface area contributed by atoms with E-state index in [0.29, 0.717) is 6.04 Å². The average Bonchev–Trinajstić information content (AvgIpc) is 2.32. The van der Waals surface area contributed by atoms with E-state index >= 15 is 0 Å². The Bertz CT molecular complexity index is 380. The number of nitrogens with zero attached hydrogens (tertiary/aromatic N) is 1. The third-order valence-corrected chi connectivity index (χ3v) is 3.11. The van der Waals surface area contributed by atoms with Gasteiger partial charge in [-0.1, -0.05) is 18.2 Å². The van der Waals surface area contributed by atoms with Crippen molar-refractivity contribution in [1.29, 1.82) is 0 Å². The Morgan fingerprint density at radius 1 is 1.47 bits per heavy atom. The van der Waals surface area contributed by atoms with Crippen LogP contribution >= 0.6 is 0 Å². The second-order valence-corrected chi connectivity index (χ2v) is 4.55. The molecule has 4 nitrogen and oxygen atoms in total. The van der Waals surface area contributed by atoms with Gasteiger partial charge in [-0.05, 0) is 19.1 Å². The monoisotopic (exact) mass is 234 g/mol. The summed E-state index contributed by atoms with van der Waals surface area (Å²) in [5.41, 5.74) is 1.10. The number of piperazine rings is 1. The standard InChI is InChI=1S/C13H18N2O2/c1-10-9-15(11-5-3-2-4-6-11)12(8-14-10)7-13(16)17/h2-6,10,12,14H,7-9H2,1H3,(H,16,17)/t10-,12+/m1/s1. The third-order valence-electron chi connectivity index (χ3n) is 3.11. The fourth-order valence-electron chi connectivity index (χ4n) is 2.28. The molecule has 0 unspecified atom stereocenters. The summed E-state index contributed by atoms with van der Waals surface area (Å²) in [7, 11) is 0. The molecule has 1 aromatic carbocycles. The number of carboxylic acid groups (broad SMARTS) is 1. The molecule has 2 N–H and O–H groups in total. The van der Waals surface area contributed by atoms with Gasteiger partial charge in [0.2, 0.25) is 0 Å². The van der Waals surface area contributed by atoms with Crippen LogP contribution in [-0.2, 0) is 4.79 Å². The molecule has 1 saturated heterocycles. The summed E-state index contributed by atoms with van der Waals surface area (Å²) in [6.07, 6.45) is 0.175. The van der Waals surface area contributed by atoms with Gasteiger partial charge in [-0.25, -0.2) is 0 Å². The van der Waals surface area contributed by atoms with Gasteiger partial charge in [0.15, 0.2) is 0 Å². The third kappa shape index (κ3) is 2.97. The van der Waals surface area contributed by atoms with E-state index in [9.17, 15) is 4.79 Å². The van der Waals surface area contributed by atoms with E-state index < -0.39 is 5.97 Å². The molecule has 1 heterocycles. The Balaban J connectivity index is 2.17. The highest BCUT2D eigenvalue weighted by molar-refractivity contribution is 5.68. The SMILES string of the molecule is C[C@@H]1CN(c2ccccc2)[C@@H](CC(=O)O)CN1. The first kappa shape index (κ1) is 11.9. The Labute approximate surface area is 101 Å². The lowest BCUT2D eigenvalue weighted by Crippen LogP contribution is -2.56. The fraction of sp³-hybridized carbons (Fsp3) is 0.462. The summed E-state index contributed by atoms with van der Waals surface area (Å²) in [6, 6.07) is 10.4. The number of rotatable bonds is 3. The normalized spacial score (nSPS) is 24.6. The van der Waals surface area contributed by atoms with Crippen LogP contribution < -0.4 is 10.2 Å². The predicted octanol–water partition coefficient (Wildman–Crippen LogP) is 1.33. The summed E-state index contributed by atoms with van der Waals surface area (Å²) < 4.78 is 0. The quantitative estimate of drug-likeness (QED) is 0.828. The minimum absolute atomic E-state index is 0.0334. The zero-order valence-corrected chi connectivity index (χ0v) is 9.97. The maximum atomic E-state index is 10.9. The molecule has 2 atom stereocenters. The van der Waals surface area contributed by atoms with Crippen LogP contribution in [-0.4, -0.2) is 36.2 Å². The van der Waals surface area contributed by atoms with E-state index in [1.165, 1.54) is 0 Å². The number of benzene rings is 1. The zero-order chi connectivity index (χ0) is 12.3. The highest BCUT2D eigenvalue weighted by Crippen LogP contribution is 2.20. The van der Waals surface area contributed by atoms with Gasteiger partial charge in [0, 0.05) is 24.8 Å². The van der Waals surface area contributed by atoms with Crippen LogP contribution in [0.5, 0.6) is 0 Å². The predicted molar refractivity (Wildman–Crippen MR) is 67.3 cm³/mol. The smallest absolute Gasteiger partial charge is 0.305 e. The van der Waals surface area contributed by atoms with Gasteiger partial charge in [0.05, 0.1) is 12.5 Å². The number of anilines is 1. The lowest BCUT2D eigenvalue weighted by Gasteiger charge is -2.40. The van der Waals surface area contributed by atoms with Crippen molar-refractivity contribution < 1.29 is 9.90 Å². The highest BCUT2D eigenvalue weighted by atomic mass is 16.4. The summed E-state index contributed by atoms with van der Waals surface area (Å²) in [4.78, 5) is 13.1. The summed E-state index contributed by atoms with van der Waals surface area (Å²) >= 11 is 0. The Hall–Kier alpha value is -1.55. The van der Waals surface area contributed by atoms with Gasteiger partial charge < -0.3 is 15.3 Å². The van der Waals surface area contributed by atoms with Crippen molar-refractivity contribution in [2.24, 2.45) is 0 Å². The minimum atomic E-state index is -0.743. The molecule has 0 saturated carbocycles. The van der Waals surface area contributed by atoms with Gasteiger partial charge in [-0.2, -0.15) is 0 Å². The Kier molecular flexibility index (Phi) is 3.64. The first-order valence-corrected chi connectivity index (χ1v) is 5.93. The topological polar surface area (TPSA) is 52.6 Å². The van der Waals surface area contributed by atoms with Crippen LogP contribution in [0.15, 0.2) is 30.3 Å². The lowest BCUT2D eigenvalue weighted by atomic mass is 10.1. The second kappa shape index (κ2) is 5.19. The molecule has 4 heteroatoms. The first-order valence-electron chi connectivity index (χ1n) is 5.93. The van der Waals surface area contributed by atoms with Gasteiger partial charge in [0.25, 0.3) is 0 Å². The number of nitrogens with one attached hydrogen (secondary N) is 1. The highest BCUT2D eigenvalue weighted by Gasteiger charge is 2.27. The van der Waals surface area contributed by atoms with E-state index in [-0.39, 0.29) is 12.5 Å². The van der Waals surface area contributed by atoms with Crippen molar-refractivity contribution >= 4 is 11.7 Å². The van der Waals surface area contributed by atoms with Crippen molar-refractivity contribution in [3.05, 3.63) is 30.3 Å². The van der Waals surface area contributed by atoms with Crippen molar-refractivity contribution in [2.45, 2.75) is 25.4 Å². The molecule has 0 amide bonds. The zero-order valence-electron chi connectivity index (χ0n) is 9.97. The lowest BCUT2D eigenvalue weighted by molar-refractivity contribution is -0.137. The molecule has 1 fully saturated rings. The number of hydrogen-bond acceptors (Lipinski definition) is 3. The van der Waals surface area contributed by atoms with Crippen LogP contribution in [0.4, 0.5) is 5.69 Å². The van der Waals surface area contributed by atoms with Crippen molar-refractivity contribution in [2.75, 3.05) is 18.0 Å². The summed E-state index contributed by atoms with van der Waals surface area (Å²) in [5.74, 6) is -0.743. The number of aliphatic carboxylic acids is 1. The van der Waals surface area contributed by atoms with Gasteiger partial charge in [-0.3, -0.25) is 4.79 Å². The van der Waals surface area contributed by atoms with E-state index in [0.717, 1.165) is 18.8 Å². The van der Waals surface area contributed by atoms with Crippen LogP contribution in [0, 0.1) is 0 Å². The second-order valence-electron chi connectivity index (χ2n) is 4.55. The van der Waals surface area contributed by atoms with Gasteiger partial charge >= 0.3 is 5.97 Å². The molecule has 0 aliphatic carbocycles. The summed E-state index contributed by atoms with van der Waals surface area (Å²) in [5, 5.41) is 12.3. The van der Waals surface area contributed by atoms with Crippen molar-refractivity contribution in [3.8, 4) is 0 Å². The van der Waals surface area contributed by atoms with Gasteiger partial charge in [0.1, 0.15) is 0 Å². The molecular weight excluding hydrogens is 216 g/mol. The van der Waals surface area contributed by atoms with E-state index in [1.54, 1.807) is 0 Å². The van der Waals surface area contributed by atoms with Crippen LogP contribution in [0.3, 0.4) is 0 Å². The Morgan fingerprint density at radius 3 is 2.82 bits per heavy atom. The molecule has 2 rings (SSSR count). The van der Waals surface area contributed by atoms with Crippen LogP contribution in [0.25, 0.3) is 0 Å². The number of para-hydroxylation sites is 1. The number of hydrogen-bond donors (Lipinski definition) is 2. The molecule has 1 aliphatic heterocycles. The van der Waals surface area contributed by atoms with Crippen LogP contribution in [0.1, 0.15) is 13.3 Å². The fourth-order valence-corrected chi connectivity index (χ4v) is 2.28. The largest absolute Gasteiger partial charge is 0.481 e. The maximum absolute atomic E-state index is 10.9.